The molecule has 2 aromatic carbocycles. The number of aldehydes is 1. The largest absolute Gasteiger partial charge is 0.298 e. The van der Waals surface area contributed by atoms with E-state index in [1.54, 1.807) is 36.4 Å². The minimum absolute atomic E-state index is 0.570. The summed E-state index contributed by atoms with van der Waals surface area (Å²) >= 11 is 19.3. The Morgan fingerprint density at radius 2 is 1.50 bits per heavy atom. The summed E-state index contributed by atoms with van der Waals surface area (Å²) in [6.45, 7) is 0. The van der Waals surface area contributed by atoms with Gasteiger partial charge in [0.2, 0.25) is 0 Å². The van der Waals surface area contributed by atoms with Gasteiger partial charge in [0, 0.05) is 25.4 Å². The van der Waals surface area contributed by atoms with Gasteiger partial charge in [0.1, 0.15) is 0 Å². The topological polar surface area (TPSA) is 17.1 Å². The summed E-state index contributed by atoms with van der Waals surface area (Å²) in [5.74, 6) is 0. The summed E-state index contributed by atoms with van der Waals surface area (Å²) < 4.78 is 0. The van der Waals surface area contributed by atoms with Gasteiger partial charge in [0.25, 0.3) is 0 Å². The summed E-state index contributed by atoms with van der Waals surface area (Å²) in [6, 6.07) is 10.3. The van der Waals surface area contributed by atoms with Crippen molar-refractivity contribution in [2.24, 2.45) is 0 Å². The number of carbonyl (C=O) groups is 1. The quantitative estimate of drug-likeness (QED) is 0.684. The lowest BCUT2D eigenvalue weighted by atomic mass is 10.2. The van der Waals surface area contributed by atoms with Crippen LogP contribution in [-0.2, 0) is 0 Å². The highest BCUT2D eigenvalue weighted by molar-refractivity contribution is 7.99. The summed E-state index contributed by atoms with van der Waals surface area (Å²) in [5.41, 5.74) is 0.570. The third-order valence-corrected chi connectivity index (χ3v) is 4.26. The molecular formula is C13H7Cl3OS. The zero-order valence-corrected chi connectivity index (χ0v) is 12.1. The van der Waals surface area contributed by atoms with Gasteiger partial charge < -0.3 is 0 Å². The van der Waals surface area contributed by atoms with E-state index >= 15 is 0 Å². The molecule has 92 valence electrons. The Morgan fingerprint density at radius 1 is 0.889 bits per heavy atom. The van der Waals surface area contributed by atoms with Crippen LogP contribution in [0, 0.1) is 0 Å². The maximum Gasteiger partial charge on any atom is 0.151 e. The molecule has 0 unspecified atom stereocenters. The predicted molar refractivity (Wildman–Crippen MR) is 77.4 cm³/mol. The highest BCUT2D eigenvalue weighted by Gasteiger charge is 2.08. The third-order valence-electron chi connectivity index (χ3n) is 2.22. The molecule has 18 heavy (non-hydrogen) atoms. The Morgan fingerprint density at radius 3 is 2.17 bits per heavy atom. The van der Waals surface area contributed by atoms with Crippen molar-refractivity contribution in [3.63, 3.8) is 0 Å². The molecule has 0 saturated heterocycles. The van der Waals surface area contributed by atoms with Crippen molar-refractivity contribution in [3.05, 3.63) is 57.0 Å². The smallest absolute Gasteiger partial charge is 0.151 e. The van der Waals surface area contributed by atoms with E-state index in [1.165, 1.54) is 11.8 Å². The normalized spacial score (nSPS) is 10.4. The van der Waals surface area contributed by atoms with Gasteiger partial charge in [-0.3, -0.25) is 4.79 Å². The van der Waals surface area contributed by atoms with Crippen LogP contribution in [0.25, 0.3) is 0 Å². The lowest BCUT2D eigenvalue weighted by Crippen LogP contribution is -1.85. The van der Waals surface area contributed by atoms with Crippen LogP contribution >= 0.6 is 46.6 Å². The molecule has 0 radical (unpaired) electrons. The first-order valence-corrected chi connectivity index (χ1v) is 6.93. The summed E-state index contributed by atoms with van der Waals surface area (Å²) in [6.07, 6.45) is 0.789. The Kier molecular flexibility index (Phi) is 4.57. The highest BCUT2D eigenvalue weighted by Crippen LogP contribution is 2.37. The number of carbonyl (C=O) groups excluding carboxylic acids is 1. The number of hydrogen-bond acceptors (Lipinski definition) is 2. The molecule has 0 bridgehead atoms. The van der Waals surface area contributed by atoms with Gasteiger partial charge >= 0.3 is 0 Å². The molecule has 0 aromatic heterocycles. The molecule has 0 aliphatic rings. The Bertz CT molecular complexity index is 599. The molecule has 0 fully saturated rings. The predicted octanol–water partition coefficient (Wildman–Crippen LogP) is 5.61. The van der Waals surface area contributed by atoms with Gasteiger partial charge in [0.15, 0.2) is 6.29 Å². The molecule has 0 aliphatic carbocycles. The number of hydrogen-bond donors (Lipinski definition) is 0. The van der Waals surface area contributed by atoms with Crippen LogP contribution in [0.4, 0.5) is 0 Å². The second-order valence-corrected chi connectivity index (χ2v) is 5.84. The van der Waals surface area contributed by atoms with E-state index in [4.69, 9.17) is 34.8 Å². The van der Waals surface area contributed by atoms with E-state index in [0.717, 1.165) is 16.1 Å². The van der Waals surface area contributed by atoms with Crippen LogP contribution in [-0.4, -0.2) is 6.29 Å². The average Bonchev–Trinajstić information content (AvgIpc) is 2.34. The number of halogens is 3. The van der Waals surface area contributed by atoms with Crippen molar-refractivity contribution in [3.8, 4) is 0 Å². The molecule has 0 N–H and O–H groups in total. The summed E-state index contributed by atoms with van der Waals surface area (Å²) in [5, 5.41) is 1.75. The number of benzene rings is 2. The minimum atomic E-state index is 0.570. The standard InChI is InChI=1S/C13H7Cl3OS/c14-9-2-1-8(7-17)12(5-9)18-13-6-10(15)3-4-11(13)16/h1-7H. The number of rotatable bonds is 3. The van der Waals surface area contributed by atoms with E-state index < -0.39 is 0 Å². The first-order valence-electron chi connectivity index (χ1n) is 4.98. The molecule has 2 rings (SSSR count). The second kappa shape index (κ2) is 5.98. The van der Waals surface area contributed by atoms with E-state index in [2.05, 4.69) is 0 Å². The zero-order valence-electron chi connectivity index (χ0n) is 8.99. The van der Waals surface area contributed by atoms with Gasteiger partial charge in [-0.2, -0.15) is 0 Å². The van der Waals surface area contributed by atoms with E-state index in [1.807, 2.05) is 0 Å². The minimum Gasteiger partial charge on any atom is -0.298 e. The van der Waals surface area contributed by atoms with Crippen molar-refractivity contribution in [1.82, 2.24) is 0 Å². The molecule has 0 aliphatic heterocycles. The van der Waals surface area contributed by atoms with Crippen LogP contribution in [0.1, 0.15) is 10.4 Å². The van der Waals surface area contributed by atoms with Crippen LogP contribution in [0.5, 0.6) is 0 Å². The van der Waals surface area contributed by atoms with E-state index in [9.17, 15) is 4.79 Å². The maximum absolute atomic E-state index is 11.0. The summed E-state index contributed by atoms with van der Waals surface area (Å²) in [7, 11) is 0. The first-order chi connectivity index (χ1) is 8.60. The van der Waals surface area contributed by atoms with E-state index in [-0.39, 0.29) is 0 Å². The zero-order chi connectivity index (χ0) is 13.1. The van der Waals surface area contributed by atoms with Crippen LogP contribution in [0.2, 0.25) is 15.1 Å². The fourth-order valence-electron chi connectivity index (χ4n) is 1.37. The van der Waals surface area contributed by atoms with Gasteiger partial charge in [-0.15, -0.1) is 0 Å². The fourth-order valence-corrected chi connectivity index (χ4v) is 3.08. The van der Waals surface area contributed by atoms with Crippen LogP contribution in [0.15, 0.2) is 46.2 Å². The van der Waals surface area contributed by atoms with E-state index in [0.29, 0.717) is 20.6 Å². The average molecular weight is 318 g/mol. The molecule has 0 amide bonds. The van der Waals surface area contributed by atoms with Gasteiger partial charge in [-0.25, -0.2) is 0 Å². The molecule has 1 nitrogen and oxygen atoms in total. The van der Waals surface area contributed by atoms with Crippen LogP contribution in [0.3, 0.4) is 0 Å². The monoisotopic (exact) mass is 316 g/mol. The maximum atomic E-state index is 11.0. The Balaban J connectivity index is 2.41. The molecule has 0 spiro atoms. The lowest BCUT2D eigenvalue weighted by molar-refractivity contribution is 0.112. The summed E-state index contributed by atoms with van der Waals surface area (Å²) in [4.78, 5) is 12.5. The molecule has 0 saturated carbocycles. The van der Waals surface area contributed by atoms with Crippen molar-refractivity contribution < 1.29 is 4.79 Å². The fraction of sp³-hybridized carbons (Fsp3) is 0. The Labute approximate surface area is 124 Å². The highest BCUT2D eigenvalue weighted by atomic mass is 35.5. The molecule has 0 heterocycles. The molecular weight excluding hydrogens is 311 g/mol. The van der Waals surface area contributed by atoms with Crippen molar-refractivity contribution in [2.75, 3.05) is 0 Å². The first kappa shape index (κ1) is 13.8. The lowest BCUT2D eigenvalue weighted by Gasteiger charge is -2.07. The Hall–Kier alpha value is -0.670. The molecule has 5 heteroatoms. The van der Waals surface area contributed by atoms with Crippen molar-refractivity contribution in [1.29, 1.82) is 0 Å². The molecule has 2 aromatic rings. The van der Waals surface area contributed by atoms with Crippen molar-refractivity contribution in [2.45, 2.75) is 9.79 Å². The second-order valence-electron chi connectivity index (χ2n) is 3.48. The SMILES string of the molecule is O=Cc1ccc(Cl)cc1Sc1cc(Cl)ccc1Cl. The van der Waals surface area contributed by atoms with Gasteiger partial charge in [-0.05, 0) is 36.4 Å². The van der Waals surface area contributed by atoms with Gasteiger partial charge in [-0.1, -0.05) is 46.6 Å². The van der Waals surface area contributed by atoms with Crippen LogP contribution < -0.4 is 0 Å². The van der Waals surface area contributed by atoms with Gasteiger partial charge in [0.05, 0.1) is 5.02 Å². The van der Waals surface area contributed by atoms with Crippen molar-refractivity contribution >= 4 is 52.9 Å². The third kappa shape index (κ3) is 3.21. The molecule has 0 atom stereocenters.